The average Bonchev–Trinajstić information content (AvgIpc) is 2.75. The lowest BCUT2D eigenvalue weighted by molar-refractivity contribution is -0.122. The predicted octanol–water partition coefficient (Wildman–Crippen LogP) is 2.42. The van der Waals surface area contributed by atoms with Crippen LogP contribution in [0.2, 0.25) is 0 Å². The van der Waals surface area contributed by atoms with Gasteiger partial charge >= 0.3 is 0 Å². The highest BCUT2D eigenvalue weighted by atomic mass is 16.5. The van der Waals surface area contributed by atoms with Gasteiger partial charge in [0.2, 0.25) is 11.8 Å². The fraction of sp³-hybridized carbons (Fsp3) is 0.920. The summed E-state index contributed by atoms with van der Waals surface area (Å²) in [5.74, 6) is -0.0561. The van der Waals surface area contributed by atoms with Crippen LogP contribution in [0.1, 0.15) is 73.1 Å². The van der Waals surface area contributed by atoms with Crippen LogP contribution in [0.5, 0.6) is 0 Å². The first-order valence-electron chi connectivity index (χ1n) is 12.8. The minimum absolute atomic E-state index is 0.0234. The van der Waals surface area contributed by atoms with Gasteiger partial charge in [-0.1, -0.05) is 13.8 Å². The minimum atomic E-state index is -0.155. The second-order valence-electron chi connectivity index (χ2n) is 9.52. The molecular formula is C25H51N3O6. The molecule has 0 aromatic rings. The van der Waals surface area contributed by atoms with E-state index in [1.54, 1.807) is 0 Å². The van der Waals surface area contributed by atoms with Gasteiger partial charge in [-0.25, -0.2) is 0 Å². The molecule has 0 fully saturated rings. The van der Waals surface area contributed by atoms with Gasteiger partial charge in [-0.15, -0.1) is 0 Å². The molecule has 34 heavy (non-hydrogen) atoms. The van der Waals surface area contributed by atoms with Gasteiger partial charge in [0.1, 0.15) is 0 Å². The summed E-state index contributed by atoms with van der Waals surface area (Å²) in [6.07, 6.45) is 3.78. The summed E-state index contributed by atoms with van der Waals surface area (Å²) in [5.41, 5.74) is -0.155. The summed E-state index contributed by atoms with van der Waals surface area (Å²) in [6.45, 7) is 16.6. The van der Waals surface area contributed by atoms with Gasteiger partial charge in [-0.2, -0.15) is 0 Å². The maximum absolute atomic E-state index is 11.8. The maximum Gasteiger partial charge on any atom is 0.220 e. The zero-order valence-corrected chi connectivity index (χ0v) is 22.3. The molecule has 0 aliphatic carbocycles. The first-order chi connectivity index (χ1) is 16.2. The van der Waals surface area contributed by atoms with E-state index in [1.807, 2.05) is 20.8 Å². The summed E-state index contributed by atoms with van der Waals surface area (Å²) < 4.78 is 22.1. The Balaban J connectivity index is 3.31. The SMILES string of the molecule is CC(C)NCCCOCCOCCOCCCNC(=O)CCCC(=O)NCCCOC(C)(C)C. The Morgan fingerprint density at radius 2 is 1.09 bits per heavy atom. The number of amides is 2. The van der Waals surface area contributed by atoms with Gasteiger partial charge in [0, 0.05) is 51.8 Å². The van der Waals surface area contributed by atoms with Crippen LogP contribution in [0.3, 0.4) is 0 Å². The van der Waals surface area contributed by atoms with Crippen molar-refractivity contribution < 1.29 is 28.5 Å². The summed E-state index contributed by atoms with van der Waals surface area (Å²) in [7, 11) is 0. The Hall–Kier alpha value is -1.26. The Morgan fingerprint density at radius 1 is 0.647 bits per heavy atom. The molecule has 9 heteroatoms. The van der Waals surface area contributed by atoms with E-state index in [0.29, 0.717) is 78.0 Å². The monoisotopic (exact) mass is 489 g/mol. The molecule has 0 bridgehead atoms. The van der Waals surface area contributed by atoms with E-state index in [-0.39, 0.29) is 17.4 Å². The summed E-state index contributed by atoms with van der Waals surface area (Å²) in [6, 6.07) is 0.513. The van der Waals surface area contributed by atoms with Crippen LogP contribution < -0.4 is 16.0 Å². The van der Waals surface area contributed by atoms with Crippen molar-refractivity contribution in [2.75, 3.05) is 65.9 Å². The highest BCUT2D eigenvalue weighted by Crippen LogP contribution is 2.06. The number of rotatable bonds is 23. The zero-order chi connectivity index (χ0) is 25.5. The molecule has 0 saturated carbocycles. The van der Waals surface area contributed by atoms with Crippen LogP contribution in [0.25, 0.3) is 0 Å². The van der Waals surface area contributed by atoms with Crippen LogP contribution in [-0.2, 0) is 28.5 Å². The molecule has 9 nitrogen and oxygen atoms in total. The summed E-state index contributed by atoms with van der Waals surface area (Å²) in [4.78, 5) is 23.6. The number of carbonyl (C=O) groups excluding carboxylic acids is 2. The zero-order valence-electron chi connectivity index (χ0n) is 22.3. The van der Waals surface area contributed by atoms with Gasteiger partial charge < -0.3 is 34.9 Å². The lowest BCUT2D eigenvalue weighted by atomic mass is 10.2. The van der Waals surface area contributed by atoms with E-state index in [1.165, 1.54) is 0 Å². The van der Waals surface area contributed by atoms with Crippen molar-refractivity contribution in [2.24, 2.45) is 0 Å². The third kappa shape index (κ3) is 27.0. The Bertz CT molecular complexity index is 498. The molecule has 0 heterocycles. The number of ether oxygens (including phenoxy) is 4. The molecule has 0 rings (SSSR count). The van der Waals surface area contributed by atoms with Crippen molar-refractivity contribution >= 4 is 11.8 Å². The standard InChI is InChI=1S/C25H51N3O6/c1-22(2)26-12-7-15-31-18-20-33-21-19-32-16-8-13-27-23(29)10-6-11-24(30)28-14-9-17-34-25(3,4)5/h22,26H,6-21H2,1-5H3,(H,27,29)(H,28,30). The van der Waals surface area contributed by atoms with Gasteiger partial charge in [0.25, 0.3) is 0 Å². The smallest absolute Gasteiger partial charge is 0.220 e. The highest BCUT2D eigenvalue weighted by Gasteiger charge is 2.09. The molecule has 202 valence electrons. The van der Waals surface area contributed by atoms with Gasteiger partial charge in [-0.05, 0) is 53.0 Å². The van der Waals surface area contributed by atoms with Crippen molar-refractivity contribution in [1.29, 1.82) is 0 Å². The molecule has 0 aromatic carbocycles. The number of hydrogen-bond acceptors (Lipinski definition) is 7. The second-order valence-corrected chi connectivity index (χ2v) is 9.52. The molecule has 3 N–H and O–H groups in total. The first kappa shape index (κ1) is 32.7. The fourth-order valence-electron chi connectivity index (χ4n) is 2.77. The molecule has 0 spiro atoms. The highest BCUT2D eigenvalue weighted by molar-refractivity contribution is 5.78. The van der Waals surface area contributed by atoms with Crippen LogP contribution in [0.15, 0.2) is 0 Å². The molecule has 2 amide bonds. The topological polar surface area (TPSA) is 107 Å². The van der Waals surface area contributed by atoms with Crippen molar-refractivity contribution in [1.82, 2.24) is 16.0 Å². The van der Waals surface area contributed by atoms with Crippen LogP contribution in [0, 0.1) is 0 Å². The average molecular weight is 490 g/mol. The number of carbonyl (C=O) groups is 2. The molecule has 0 radical (unpaired) electrons. The normalized spacial score (nSPS) is 11.7. The van der Waals surface area contributed by atoms with Crippen LogP contribution in [-0.4, -0.2) is 89.3 Å². The molecule has 0 aromatic heterocycles. The largest absolute Gasteiger partial charge is 0.379 e. The molecule has 0 atom stereocenters. The first-order valence-corrected chi connectivity index (χ1v) is 12.8. The van der Waals surface area contributed by atoms with Gasteiger partial charge in [-0.3, -0.25) is 9.59 Å². The van der Waals surface area contributed by atoms with E-state index in [2.05, 4.69) is 29.8 Å². The molecule has 0 saturated heterocycles. The Kier molecular flexibility index (Phi) is 21.4. The molecule has 0 unspecified atom stereocenters. The minimum Gasteiger partial charge on any atom is -0.379 e. The third-order valence-electron chi connectivity index (χ3n) is 4.54. The van der Waals surface area contributed by atoms with Crippen molar-refractivity contribution in [3.05, 3.63) is 0 Å². The summed E-state index contributed by atoms with van der Waals surface area (Å²) in [5, 5.41) is 9.06. The fourth-order valence-corrected chi connectivity index (χ4v) is 2.77. The summed E-state index contributed by atoms with van der Waals surface area (Å²) >= 11 is 0. The quantitative estimate of drug-likeness (QED) is 0.189. The lowest BCUT2D eigenvalue weighted by Gasteiger charge is -2.19. The predicted molar refractivity (Wildman–Crippen MR) is 135 cm³/mol. The third-order valence-corrected chi connectivity index (χ3v) is 4.54. The second kappa shape index (κ2) is 22.2. The van der Waals surface area contributed by atoms with E-state index in [4.69, 9.17) is 18.9 Å². The molecule has 0 aliphatic rings. The maximum atomic E-state index is 11.8. The van der Waals surface area contributed by atoms with Crippen LogP contribution in [0.4, 0.5) is 0 Å². The lowest BCUT2D eigenvalue weighted by Crippen LogP contribution is -2.28. The van der Waals surface area contributed by atoms with Crippen molar-refractivity contribution in [2.45, 2.75) is 84.8 Å². The number of hydrogen-bond donors (Lipinski definition) is 3. The van der Waals surface area contributed by atoms with E-state index in [9.17, 15) is 9.59 Å². The van der Waals surface area contributed by atoms with Gasteiger partial charge in [0.05, 0.1) is 32.0 Å². The Labute approximate surface area is 207 Å². The Morgan fingerprint density at radius 3 is 1.56 bits per heavy atom. The molecule has 0 aliphatic heterocycles. The van der Waals surface area contributed by atoms with Gasteiger partial charge in [0.15, 0.2) is 0 Å². The van der Waals surface area contributed by atoms with Crippen molar-refractivity contribution in [3.8, 4) is 0 Å². The molecular weight excluding hydrogens is 438 g/mol. The van der Waals surface area contributed by atoms with E-state index in [0.717, 1.165) is 32.4 Å². The number of nitrogens with one attached hydrogen (secondary N) is 3. The van der Waals surface area contributed by atoms with E-state index >= 15 is 0 Å². The van der Waals surface area contributed by atoms with Crippen molar-refractivity contribution in [3.63, 3.8) is 0 Å². The van der Waals surface area contributed by atoms with E-state index < -0.39 is 0 Å². The van der Waals surface area contributed by atoms with Crippen LogP contribution >= 0.6 is 0 Å².